The number of hydrogen-bond acceptors (Lipinski definition) is 9. The van der Waals surface area contributed by atoms with Gasteiger partial charge in [-0.3, -0.25) is 23.7 Å². The van der Waals surface area contributed by atoms with Crippen LogP contribution in [-0.4, -0.2) is 56.5 Å². The number of hydrogen-bond donors (Lipinski definition) is 3. The molecule has 0 saturated carbocycles. The number of alkyl halides is 1. The van der Waals surface area contributed by atoms with E-state index in [1.54, 1.807) is 44.2 Å². The molecule has 198 valence electrons. The summed E-state index contributed by atoms with van der Waals surface area (Å²) in [6.45, 7) is 5.75. The maximum Gasteiger partial charge on any atom is 0.459 e. The summed E-state index contributed by atoms with van der Waals surface area (Å²) in [5, 5.41) is 13.3. The number of aliphatic hydroxyl groups excluding tert-OH is 1. The topological polar surface area (TPSA) is 158 Å². The van der Waals surface area contributed by atoms with E-state index in [9.17, 15) is 24.1 Å². The highest BCUT2D eigenvalue weighted by Crippen LogP contribution is 2.48. The number of para-hydroxylation sites is 1. The van der Waals surface area contributed by atoms with Gasteiger partial charge >= 0.3 is 19.4 Å². The van der Waals surface area contributed by atoms with Crippen LogP contribution in [0.2, 0.25) is 0 Å². The van der Waals surface area contributed by atoms with E-state index in [0.717, 1.165) is 10.6 Å². The molecular weight excluding hydrogens is 517 g/mol. The molecule has 36 heavy (non-hydrogen) atoms. The van der Waals surface area contributed by atoms with E-state index in [1.165, 1.54) is 20.0 Å². The zero-order valence-corrected chi connectivity index (χ0v) is 21.8. The lowest BCUT2D eigenvalue weighted by molar-refractivity contribution is -0.149. The molecule has 1 saturated heterocycles. The first kappa shape index (κ1) is 28.1. The molecule has 1 fully saturated rings. The molecule has 2 heterocycles. The summed E-state index contributed by atoms with van der Waals surface area (Å²) in [5.41, 5.74) is -1.40. The Balaban J connectivity index is 1.80. The number of aromatic amines is 1. The maximum absolute atomic E-state index is 13.6. The van der Waals surface area contributed by atoms with Crippen LogP contribution in [0.1, 0.15) is 33.9 Å². The summed E-state index contributed by atoms with van der Waals surface area (Å²) in [6, 6.07) is 8.18. The van der Waals surface area contributed by atoms with Crippen molar-refractivity contribution >= 4 is 25.3 Å². The number of nitrogens with zero attached hydrogens (tertiary/aromatic N) is 1. The summed E-state index contributed by atoms with van der Waals surface area (Å²) >= 11 is 6.52. The van der Waals surface area contributed by atoms with Crippen molar-refractivity contribution in [1.82, 2.24) is 14.6 Å². The highest BCUT2D eigenvalue weighted by atomic mass is 35.5. The lowest BCUT2D eigenvalue weighted by Crippen LogP contribution is -2.43. The van der Waals surface area contributed by atoms with Gasteiger partial charge in [-0.2, -0.15) is 5.09 Å². The van der Waals surface area contributed by atoms with E-state index in [4.69, 9.17) is 30.1 Å². The van der Waals surface area contributed by atoms with Gasteiger partial charge in [0.15, 0.2) is 6.23 Å². The second-order valence-electron chi connectivity index (χ2n) is 8.67. The van der Waals surface area contributed by atoms with E-state index in [1.807, 2.05) is 0 Å². The van der Waals surface area contributed by atoms with E-state index >= 15 is 0 Å². The van der Waals surface area contributed by atoms with Crippen LogP contribution < -0.4 is 20.9 Å². The van der Waals surface area contributed by atoms with Gasteiger partial charge in [0.05, 0.1) is 12.7 Å². The molecule has 0 spiro atoms. The van der Waals surface area contributed by atoms with Crippen molar-refractivity contribution in [3.63, 3.8) is 0 Å². The molecule has 6 atom stereocenters. The molecule has 0 unspecified atom stereocenters. The minimum atomic E-state index is -4.22. The van der Waals surface area contributed by atoms with E-state index < -0.39 is 67.0 Å². The van der Waals surface area contributed by atoms with Crippen LogP contribution in [0.3, 0.4) is 0 Å². The van der Waals surface area contributed by atoms with Crippen molar-refractivity contribution in [3.8, 4) is 5.75 Å². The fraction of sp³-hybridized carbons (Fsp3) is 0.500. The molecule has 3 rings (SSSR count). The SMILES string of the molecule is CC(C)OC(=O)[C@@H](C)N[P@](=O)(OC[C@H]1O[C@@H](n2ccc(=O)[nH]c2=O)[C@](C)(Cl)[C@@H]1O)Oc1ccccc1. The highest BCUT2D eigenvalue weighted by Gasteiger charge is 2.54. The molecular formula is C22H29ClN3O9P. The Morgan fingerprint density at radius 1 is 1.28 bits per heavy atom. The Morgan fingerprint density at radius 2 is 1.94 bits per heavy atom. The van der Waals surface area contributed by atoms with Crippen molar-refractivity contribution in [1.29, 1.82) is 0 Å². The van der Waals surface area contributed by atoms with Gasteiger partial charge in [0, 0.05) is 12.3 Å². The minimum Gasteiger partial charge on any atom is -0.462 e. The highest BCUT2D eigenvalue weighted by molar-refractivity contribution is 7.52. The summed E-state index contributed by atoms with van der Waals surface area (Å²) in [7, 11) is -4.22. The van der Waals surface area contributed by atoms with Crippen molar-refractivity contribution in [3.05, 3.63) is 63.4 Å². The lowest BCUT2D eigenvalue weighted by atomic mass is 10.0. The Labute approximate surface area is 212 Å². The Hall–Kier alpha value is -2.47. The van der Waals surface area contributed by atoms with Crippen LogP contribution in [0.4, 0.5) is 0 Å². The van der Waals surface area contributed by atoms with Crippen LogP contribution in [0.25, 0.3) is 0 Å². The van der Waals surface area contributed by atoms with Crippen LogP contribution in [0.5, 0.6) is 5.75 Å². The number of benzene rings is 1. The first-order valence-electron chi connectivity index (χ1n) is 11.1. The van der Waals surface area contributed by atoms with E-state index in [-0.39, 0.29) is 5.75 Å². The third kappa shape index (κ3) is 6.64. The third-order valence-corrected chi connectivity index (χ3v) is 7.31. The Morgan fingerprint density at radius 3 is 2.56 bits per heavy atom. The first-order chi connectivity index (χ1) is 16.8. The number of H-pyrrole nitrogens is 1. The molecule has 0 radical (unpaired) electrons. The van der Waals surface area contributed by atoms with Crippen molar-refractivity contribution < 1.29 is 33.0 Å². The zero-order valence-electron chi connectivity index (χ0n) is 20.1. The fourth-order valence-corrected chi connectivity index (χ4v) is 5.27. The van der Waals surface area contributed by atoms with Crippen molar-refractivity contribution in [2.45, 2.75) is 63.2 Å². The minimum absolute atomic E-state index is 0.200. The molecule has 0 bridgehead atoms. The maximum atomic E-state index is 13.6. The quantitative estimate of drug-likeness (QED) is 0.229. The van der Waals surface area contributed by atoms with Gasteiger partial charge in [0.1, 0.15) is 28.9 Å². The predicted molar refractivity (Wildman–Crippen MR) is 130 cm³/mol. The number of carbonyl (C=O) groups is 1. The molecule has 0 aliphatic carbocycles. The van der Waals surface area contributed by atoms with Gasteiger partial charge in [-0.1, -0.05) is 18.2 Å². The van der Waals surface area contributed by atoms with Crippen molar-refractivity contribution in [2.75, 3.05) is 6.61 Å². The van der Waals surface area contributed by atoms with Gasteiger partial charge in [0.2, 0.25) is 0 Å². The van der Waals surface area contributed by atoms with Gasteiger partial charge < -0.3 is 19.1 Å². The molecule has 3 N–H and O–H groups in total. The zero-order chi connectivity index (χ0) is 26.7. The molecule has 14 heteroatoms. The van der Waals surface area contributed by atoms with Gasteiger partial charge in [-0.15, -0.1) is 11.6 Å². The average molecular weight is 546 g/mol. The average Bonchev–Trinajstić information content (AvgIpc) is 3.01. The number of carbonyl (C=O) groups excluding carboxylic acids is 1. The second-order valence-corrected chi connectivity index (χ2v) is 11.2. The van der Waals surface area contributed by atoms with Crippen LogP contribution in [-0.2, 0) is 23.4 Å². The Kier molecular flexibility index (Phi) is 8.81. The van der Waals surface area contributed by atoms with Crippen LogP contribution >= 0.6 is 19.3 Å². The molecule has 0 amide bonds. The van der Waals surface area contributed by atoms with Gasteiger partial charge in [-0.25, -0.2) is 9.36 Å². The number of ether oxygens (including phenoxy) is 2. The largest absolute Gasteiger partial charge is 0.462 e. The summed E-state index contributed by atoms with van der Waals surface area (Å²) in [4.78, 5) is 36.5. The van der Waals surface area contributed by atoms with E-state index in [0.29, 0.717) is 0 Å². The lowest BCUT2D eigenvalue weighted by Gasteiger charge is -2.26. The Bertz CT molecular complexity index is 1220. The molecule has 1 aromatic carbocycles. The monoisotopic (exact) mass is 545 g/mol. The molecule has 1 aliphatic rings. The van der Waals surface area contributed by atoms with E-state index in [2.05, 4.69) is 10.1 Å². The fourth-order valence-electron chi connectivity index (χ4n) is 3.47. The molecule has 1 aliphatic heterocycles. The number of nitrogens with one attached hydrogen (secondary N) is 2. The van der Waals surface area contributed by atoms with Crippen LogP contribution in [0.15, 0.2) is 52.2 Å². The molecule has 2 aromatic rings. The normalized spacial score (nSPS) is 26.4. The molecule has 1 aromatic heterocycles. The predicted octanol–water partition coefficient (Wildman–Crippen LogP) is 1.93. The van der Waals surface area contributed by atoms with Gasteiger partial charge in [0.25, 0.3) is 5.56 Å². The number of rotatable bonds is 10. The van der Waals surface area contributed by atoms with Crippen LogP contribution in [0, 0.1) is 0 Å². The number of aliphatic hydroxyl groups is 1. The summed E-state index contributed by atoms with van der Waals surface area (Å²) in [5.74, 6) is -0.473. The standard InChI is InChI=1S/C22H29ClN3O9P/c1-13(2)33-19(29)14(3)25-36(31,35-15-8-6-5-7-9-15)32-12-16-18(28)22(4,23)20(34-16)26-11-10-17(27)24-21(26)30/h5-11,13-14,16,18,20,28H,12H2,1-4H3,(H,25,31)(H,24,27,30)/t14-,16-,18-,20-,22-,36+/m1/s1. The van der Waals surface area contributed by atoms with Crippen molar-refractivity contribution in [2.24, 2.45) is 0 Å². The molecule has 12 nitrogen and oxygen atoms in total. The number of aromatic nitrogens is 2. The third-order valence-electron chi connectivity index (χ3n) is 5.26. The number of halogens is 1. The second kappa shape index (κ2) is 11.3. The summed E-state index contributed by atoms with van der Waals surface area (Å²) < 4.78 is 36.7. The first-order valence-corrected chi connectivity index (χ1v) is 13.1. The summed E-state index contributed by atoms with van der Waals surface area (Å²) in [6.07, 6.45) is -2.92. The number of esters is 1. The van der Waals surface area contributed by atoms with Gasteiger partial charge in [-0.05, 0) is 39.8 Å². The smallest absolute Gasteiger partial charge is 0.459 e.